The van der Waals surface area contributed by atoms with Gasteiger partial charge in [-0.3, -0.25) is 0 Å². The highest BCUT2D eigenvalue weighted by molar-refractivity contribution is 5.93. The average molecular weight is 500 g/mol. The third kappa shape index (κ3) is 5.20. The van der Waals surface area contributed by atoms with E-state index in [-0.39, 0.29) is 12.1 Å². The van der Waals surface area contributed by atoms with Crippen LogP contribution >= 0.6 is 0 Å². The molecule has 1 aromatic heterocycles. The number of rotatable bonds is 6. The Balaban J connectivity index is 1.24. The van der Waals surface area contributed by atoms with Gasteiger partial charge in [0.1, 0.15) is 23.6 Å². The van der Waals surface area contributed by atoms with Crippen molar-refractivity contribution >= 4 is 28.4 Å². The number of carbonyl (C=O) groups excluding carboxylic acids is 1. The van der Waals surface area contributed by atoms with E-state index in [1.807, 2.05) is 78.6 Å². The monoisotopic (exact) mass is 499 g/mol. The van der Waals surface area contributed by atoms with Crippen molar-refractivity contribution in [2.45, 2.75) is 13.0 Å². The minimum atomic E-state index is -0.136. The lowest BCUT2D eigenvalue weighted by atomic mass is 10.1. The summed E-state index contributed by atoms with van der Waals surface area (Å²) in [5.41, 5.74) is 1.48. The van der Waals surface area contributed by atoms with Crippen LogP contribution in [0.3, 0.4) is 0 Å². The van der Waals surface area contributed by atoms with Crippen LogP contribution in [-0.2, 0) is 0 Å². The number of hydrogen-bond acceptors (Lipinski definition) is 7. The number of methoxy groups -OCH3 is 2. The summed E-state index contributed by atoms with van der Waals surface area (Å²) in [4.78, 5) is 26.1. The number of para-hydroxylation sites is 1. The van der Waals surface area contributed by atoms with Gasteiger partial charge in [0.05, 0.1) is 19.7 Å². The van der Waals surface area contributed by atoms with Crippen molar-refractivity contribution in [3.63, 3.8) is 0 Å². The lowest BCUT2D eigenvalue weighted by Crippen LogP contribution is -2.55. The number of fused-ring (bicyclic) bond motifs is 1. The van der Waals surface area contributed by atoms with Crippen molar-refractivity contribution in [1.82, 2.24) is 14.9 Å². The van der Waals surface area contributed by atoms with Crippen molar-refractivity contribution in [2.75, 3.05) is 44.1 Å². The van der Waals surface area contributed by atoms with Crippen LogP contribution in [0.1, 0.15) is 6.92 Å². The van der Waals surface area contributed by atoms with E-state index >= 15 is 0 Å². The van der Waals surface area contributed by atoms with Crippen molar-refractivity contribution in [1.29, 1.82) is 0 Å². The minimum absolute atomic E-state index is 0.0282. The predicted octanol–water partition coefficient (Wildman–Crippen LogP) is 5.18. The van der Waals surface area contributed by atoms with Crippen LogP contribution in [0.5, 0.6) is 23.0 Å². The SMILES string of the molecule is COc1cc2ncnc(N3CCN(C(=O)Nc4ccc(Oc5ccccc5)cc4)C(C)C3)c2cc1OC. The Bertz CT molecular complexity index is 1380. The molecule has 1 fully saturated rings. The molecule has 0 radical (unpaired) electrons. The molecular formula is C28H29N5O4. The van der Waals surface area contributed by atoms with Crippen molar-refractivity contribution in [2.24, 2.45) is 0 Å². The highest BCUT2D eigenvalue weighted by Gasteiger charge is 2.29. The maximum absolute atomic E-state index is 13.1. The van der Waals surface area contributed by atoms with E-state index in [4.69, 9.17) is 14.2 Å². The summed E-state index contributed by atoms with van der Waals surface area (Å²) < 4.78 is 16.7. The fourth-order valence-electron chi connectivity index (χ4n) is 4.50. The van der Waals surface area contributed by atoms with Gasteiger partial charge in [0, 0.05) is 42.8 Å². The van der Waals surface area contributed by atoms with Gasteiger partial charge >= 0.3 is 6.03 Å². The molecule has 1 saturated heterocycles. The highest BCUT2D eigenvalue weighted by Crippen LogP contribution is 2.35. The molecule has 1 N–H and O–H groups in total. The van der Waals surface area contributed by atoms with E-state index < -0.39 is 0 Å². The lowest BCUT2D eigenvalue weighted by Gasteiger charge is -2.40. The number of nitrogens with one attached hydrogen (secondary N) is 1. The number of benzene rings is 3. The maximum Gasteiger partial charge on any atom is 0.322 e. The van der Waals surface area contributed by atoms with Crippen molar-refractivity contribution in [3.8, 4) is 23.0 Å². The Labute approximate surface area is 215 Å². The van der Waals surface area contributed by atoms with Crippen LogP contribution < -0.4 is 24.4 Å². The Kier molecular flexibility index (Phi) is 6.93. The number of aromatic nitrogens is 2. The van der Waals surface area contributed by atoms with Gasteiger partial charge in [-0.05, 0) is 49.4 Å². The average Bonchev–Trinajstić information content (AvgIpc) is 2.93. The molecule has 5 rings (SSSR count). The molecule has 1 atom stereocenters. The molecule has 0 spiro atoms. The summed E-state index contributed by atoms with van der Waals surface area (Å²) in [6.07, 6.45) is 1.55. The van der Waals surface area contributed by atoms with E-state index in [1.165, 1.54) is 0 Å². The standard InChI is InChI=1S/C28H29N5O4/c1-19-17-32(27-23-15-25(35-2)26(36-3)16-24(23)29-18-30-27)13-14-33(19)28(34)31-20-9-11-22(12-10-20)37-21-7-5-4-6-8-21/h4-12,15-16,18-19H,13-14,17H2,1-3H3,(H,31,34). The fourth-order valence-corrected chi connectivity index (χ4v) is 4.50. The molecular weight excluding hydrogens is 470 g/mol. The number of ether oxygens (including phenoxy) is 3. The van der Waals surface area contributed by atoms with Gasteiger partial charge in [-0.1, -0.05) is 18.2 Å². The number of amides is 2. The topological polar surface area (TPSA) is 89.1 Å². The van der Waals surface area contributed by atoms with Crippen LogP contribution in [0.2, 0.25) is 0 Å². The van der Waals surface area contributed by atoms with Crippen LogP contribution in [-0.4, -0.2) is 60.8 Å². The smallest absolute Gasteiger partial charge is 0.322 e. The number of nitrogens with zero attached hydrogens (tertiary/aromatic N) is 4. The van der Waals surface area contributed by atoms with Gasteiger partial charge in [0.25, 0.3) is 0 Å². The Morgan fingerprint density at radius 3 is 2.32 bits per heavy atom. The zero-order chi connectivity index (χ0) is 25.8. The van der Waals surface area contributed by atoms with E-state index in [2.05, 4.69) is 20.2 Å². The van der Waals surface area contributed by atoms with Crippen LogP contribution in [0.15, 0.2) is 73.1 Å². The third-order valence-corrected chi connectivity index (χ3v) is 6.39. The molecule has 1 aliphatic rings. The summed E-state index contributed by atoms with van der Waals surface area (Å²) in [7, 11) is 3.21. The number of anilines is 2. The third-order valence-electron chi connectivity index (χ3n) is 6.39. The molecule has 1 unspecified atom stereocenters. The van der Waals surface area contributed by atoms with Crippen LogP contribution in [0, 0.1) is 0 Å². The molecule has 9 heteroatoms. The molecule has 9 nitrogen and oxygen atoms in total. The van der Waals surface area contributed by atoms with Gasteiger partial charge in [0.15, 0.2) is 11.5 Å². The van der Waals surface area contributed by atoms with E-state index in [1.54, 1.807) is 20.5 Å². The number of carbonyl (C=O) groups is 1. The molecule has 2 amide bonds. The molecule has 190 valence electrons. The normalized spacial score (nSPS) is 15.4. The second kappa shape index (κ2) is 10.6. The lowest BCUT2D eigenvalue weighted by molar-refractivity contribution is 0.184. The van der Waals surface area contributed by atoms with Crippen molar-refractivity contribution < 1.29 is 19.0 Å². The quantitative estimate of drug-likeness (QED) is 0.391. The Morgan fingerprint density at radius 2 is 1.62 bits per heavy atom. The molecule has 0 aliphatic carbocycles. The highest BCUT2D eigenvalue weighted by atomic mass is 16.5. The summed E-state index contributed by atoms with van der Waals surface area (Å²) in [5.74, 6) is 3.52. The zero-order valence-electron chi connectivity index (χ0n) is 21.0. The second-order valence-electron chi connectivity index (χ2n) is 8.78. The fraction of sp³-hybridized carbons (Fsp3) is 0.250. The van der Waals surface area contributed by atoms with Gasteiger partial charge in [-0.2, -0.15) is 0 Å². The first-order valence-corrected chi connectivity index (χ1v) is 12.1. The van der Waals surface area contributed by atoms with E-state index in [9.17, 15) is 4.79 Å². The summed E-state index contributed by atoms with van der Waals surface area (Å²) in [6.45, 7) is 3.87. The van der Waals surface area contributed by atoms with Gasteiger partial charge < -0.3 is 29.3 Å². The molecule has 1 aliphatic heterocycles. The second-order valence-corrected chi connectivity index (χ2v) is 8.78. The van der Waals surface area contributed by atoms with Gasteiger partial charge in [-0.25, -0.2) is 14.8 Å². The molecule has 3 aromatic carbocycles. The van der Waals surface area contributed by atoms with E-state index in [0.717, 1.165) is 22.5 Å². The first kappa shape index (κ1) is 24.2. The molecule has 4 aromatic rings. The minimum Gasteiger partial charge on any atom is -0.493 e. The summed E-state index contributed by atoms with van der Waals surface area (Å²) in [6, 6.07) is 20.5. The molecule has 0 saturated carbocycles. The van der Waals surface area contributed by atoms with Gasteiger partial charge in [0.2, 0.25) is 0 Å². The van der Waals surface area contributed by atoms with Crippen molar-refractivity contribution in [3.05, 3.63) is 73.1 Å². The number of urea groups is 1. The summed E-state index contributed by atoms with van der Waals surface area (Å²) in [5, 5.41) is 3.88. The van der Waals surface area contributed by atoms with Crippen LogP contribution in [0.25, 0.3) is 10.9 Å². The predicted molar refractivity (Wildman–Crippen MR) is 143 cm³/mol. The number of hydrogen-bond donors (Lipinski definition) is 1. The first-order chi connectivity index (χ1) is 18.1. The molecule has 37 heavy (non-hydrogen) atoms. The van der Waals surface area contributed by atoms with E-state index in [0.29, 0.717) is 42.6 Å². The zero-order valence-corrected chi connectivity index (χ0v) is 21.0. The van der Waals surface area contributed by atoms with Crippen LogP contribution in [0.4, 0.5) is 16.3 Å². The first-order valence-electron chi connectivity index (χ1n) is 12.1. The molecule has 2 heterocycles. The maximum atomic E-state index is 13.1. The largest absolute Gasteiger partial charge is 0.493 e. The summed E-state index contributed by atoms with van der Waals surface area (Å²) >= 11 is 0. The number of piperazine rings is 1. The Morgan fingerprint density at radius 1 is 0.919 bits per heavy atom. The Hall–Kier alpha value is -4.53. The molecule has 0 bridgehead atoms. The van der Waals surface area contributed by atoms with Gasteiger partial charge in [-0.15, -0.1) is 0 Å².